The fourth-order valence-electron chi connectivity index (χ4n) is 2.49. The van der Waals surface area contributed by atoms with Gasteiger partial charge in [-0.3, -0.25) is 0 Å². The first-order valence-corrected chi connectivity index (χ1v) is 7.09. The van der Waals surface area contributed by atoms with Crippen molar-refractivity contribution in [3.05, 3.63) is 0 Å². The smallest absolute Gasteiger partial charge is 0.317 e. The molecule has 1 atom stereocenters. The van der Waals surface area contributed by atoms with Crippen LogP contribution in [0.2, 0.25) is 0 Å². The number of likely N-dealkylation sites (tertiary alicyclic amines) is 1. The lowest BCUT2D eigenvalue weighted by molar-refractivity contribution is 0.00899. The second-order valence-corrected chi connectivity index (χ2v) is 6.13. The second-order valence-electron chi connectivity index (χ2n) is 6.13. The Kier molecular flexibility index (Phi) is 6.07. The Morgan fingerprint density at radius 2 is 2.05 bits per heavy atom. The molecule has 0 aliphatic carbocycles. The summed E-state index contributed by atoms with van der Waals surface area (Å²) in [4.78, 5) is 13.9. The number of carbonyl (C=O) groups is 1. The molecule has 0 aromatic heterocycles. The van der Waals surface area contributed by atoms with Crippen LogP contribution in [-0.4, -0.2) is 54.5 Å². The van der Waals surface area contributed by atoms with Crippen molar-refractivity contribution in [2.24, 2.45) is 5.92 Å². The lowest BCUT2D eigenvalue weighted by Gasteiger charge is -2.33. The molecule has 0 radical (unpaired) electrons. The molecule has 0 saturated carbocycles. The summed E-state index contributed by atoms with van der Waals surface area (Å²) in [5, 5.41) is 12.1. The number of piperidine rings is 1. The van der Waals surface area contributed by atoms with Crippen molar-refractivity contribution in [3.8, 4) is 0 Å². The van der Waals surface area contributed by atoms with Crippen LogP contribution in [-0.2, 0) is 4.74 Å². The first kappa shape index (κ1) is 16.2. The van der Waals surface area contributed by atoms with Crippen molar-refractivity contribution in [2.45, 2.75) is 51.7 Å². The fraction of sp³-hybridized carbons (Fsp3) is 0.929. The summed E-state index contributed by atoms with van der Waals surface area (Å²) >= 11 is 0. The zero-order valence-corrected chi connectivity index (χ0v) is 12.6. The summed E-state index contributed by atoms with van der Waals surface area (Å²) in [5.74, 6) is 0.355. The molecule has 1 saturated heterocycles. The first-order chi connectivity index (χ1) is 8.88. The number of aliphatic hydroxyl groups is 1. The van der Waals surface area contributed by atoms with Gasteiger partial charge in [-0.1, -0.05) is 0 Å². The number of carbonyl (C=O) groups excluding carboxylic acids is 1. The molecule has 1 fully saturated rings. The van der Waals surface area contributed by atoms with E-state index in [1.54, 1.807) is 7.11 Å². The number of amides is 2. The molecular weight excluding hydrogens is 244 g/mol. The van der Waals surface area contributed by atoms with Crippen LogP contribution in [0.4, 0.5) is 4.79 Å². The van der Waals surface area contributed by atoms with Gasteiger partial charge in [0.2, 0.25) is 0 Å². The molecule has 1 aliphatic heterocycles. The quantitative estimate of drug-likeness (QED) is 0.799. The van der Waals surface area contributed by atoms with Crippen molar-refractivity contribution in [2.75, 3.05) is 26.8 Å². The van der Waals surface area contributed by atoms with Crippen LogP contribution in [0.3, 0.4) is 0 Å². The number of hydrogen-bond acceptors (Lipinski definition) is 3. The molecule has 112 valence electrons. The van der Waals surface area contributed by atoms with E-state index < -0.39 is 0 Å². The van der Waals surface area contributed by atoms with E-state index >= 15 is 0 Å². The van der Waals surface area contributed by atoms with Crippen molar-refractivity contribution >= 4 is 6.03 Å². The van der Waals surface area contributed by atoms with E-state index in [0.717, 1.165) is 32.4 Å². The molecular formula is C14H28N2O3. The Labute approximate surface area is 116 Å². The molecule has 1 rings (SSSR count). The Balaban J connectivity index is 2.35. The zero-order valence-electron chi connectivity index (χ0n) is 12.6. The van der Waals surface area contributed by atoms with E-state index in [1.165, 1.54) is 0 Å². The number of methoxy groups -OCH3 is 1. The molecule has 5 heteroatoms. The van der Waals surface area contributed by atoms with E-state index in [1.807, 2.05) is 25.7 Å². The van der Waals surface area contributed by atoms with Crippen molar-refractivity contribution in [3.63, 3.8) is 0 Å². The fourth-order valence-corrected chi connectivity index (χ4v) is 2.49. The molecule has 19 heavy (non-hydrogen) atoms. The summed E-state index contributed by atoms with van der Waals surface area (Å²) in [5.41, 5.74) is -0.226. The number of ether oxygens (including phenoxy) is 1. The van der Waals surface area contributed by atoms with Crippen LogP contribution in [0.5, 0.6) is 0 Å². The Morgan fingerprint density at radius 1 is 1.47 bits per heavy atom. The number of nitrogens with zero attached hydrogens (tertiary/aromatic N) is 1. The molecule has 0 aromatic carbocycles. The Hall–Kier alpha value is -0.810. The maximum absolute atomic E-state index is 12.1. The van der Waals surface area contributed by atoms with Crippen LogP contribution in [0.15, 0.2) is 0 Å². The minimum absolute atomic E-state index is 0.00390. The summed E-state index contributed by atoms with van der Waals surface area (Å²) in [6, 6.07) is 0.0776. The predicted molar refractivity (Wildman–Crippen MR) is 75.1 cm³/mol. The number of rotatable bonds is 5. The van der Waals surface area contributed by atoms with Crippen LogP contribution in [0, 0.1) is 5.92 Å². The van der Waals surface area contributed by atoms with Gasteiger partial charge in [0, 0.05) is 32.8 Å². The van der Waals surface area contributed by atoms with Crippen LogP contribution in [0.1, 0.15) is 40.0 Å². The van der Waals surface area contributed by atoms with Gasteiger partial charge in [-0.05, 0) is 46.0 Å². The summed E-state index contributed by atoms with van der Waals surface area (Å²) in [6.07, 6.45) is 2.56. The normalized spacial score (nSPS) is 19.3. The minimum atomic E-state index is -0.226. The third-order valence-electron chi connectivity index (χ3n) is 3.88. The monoisotopic (exact) mass is 272 g/mol. The number of nitrogens with one attached hydrogen (secondary N) is 1. The largest absolute Gasteiger partial charge is 0.396 e. The standard InChI is InChI=1S/C14H28N2O3/c1-11(9-14(2,3)19-4)15-13(18)16-7-5-12(10-17)6-8-16/h11-12,17H,5-10H2,1-4H3,(H,15,18). The molecule has 0 bridgehead atoms. The van der Waals surface area contributed by atoms with Crippen LogP contribution >= 0.6 is 0 Å². The predicted octanol–water partition coefficient (Wildman–Crippen LogP) is 1.60. The van der Waals surface area contributed by atoms with Crippen molar-refractivity contribution < 1.29 is 14.6 Å². The summed E-state index contributed by atoms with van der Waals surface area (Å²) < 4.78 is 5.37. The van der Waals surface area contributed by atoms with E-state index in [9.17, 15) is 4.79 Å². The van der Waals surface area contributed by atoms with Gasteiger partial charge in [-0.2, -0.15) is 0 Å². The molecule has 0 aromatic rings. The Bertz CT molecular complexity index is 286. The van der Waals surface area contributed by atoms with Gasteiger partial charge in [-0.15, -0.1) is 0 Å². The first-order valence-electron chi connectivity index (χ1n) is 7.09. The Morgan fingerprint density at radius 3 is 2.53 bits per heavy atom. The third-order valence-corrected chi connectivity index (χ3v) is 3.88. The molecule has 2 N–H and O–H groups in total. The van der Waals surface area contributed by atoms with E-state index in [4.69, 9.17) is 9.84 Å². The minimum Gasteiger partial charge on any atom is -0.396 e. The SMILES string of the molecule is COC(C)(C)CC(C)NC(=O)N1CCC(CO)CC1. The molecule has 2 amide bonds. The topological polar surface area (TPSA) is 61.8 Å². The highest BCUT2D eigenvalue weighted by molar-refractivity contribution is 5.74. The van der Waals surface area contributed by atoms with Gasteiger partial charge in [0.15, 0.2) is 0 Å². The van der Waals surface area contributed by atoms with E-state index in [-0.39, 0.29) is 24.3 Å². The highest BCUT2D eigenvalue weighted by Crippen LogP contribution is 2.18. The van der Waals surface area contributed by atoms with Gasteiger partial charge in [0.1, 0.15) is 0 Å². The molecule has 5 nitrogen and oxygen atoms in total. The van der Waals surface area contributed by atoms with E-state index in [0.29, 0.717) is 5.92 Å². The molecule has 1 aliphatic rings. The third kappa shape index (κ3) is 5.37. The average molecular weight is 272 g/mol. The van der Waals surface area contributed by atoms with Gasteiger partial charge in [-0.25, -0.2) is 4.79 Å². The highest BCUT2D eigenvalue weighted by Gasteiger charge is 2.25. The van der Waals surface area contributed by atoms with E-state index in [2.05, 4.69) is 5.32 Å². The maximum atomic E-state index is 12.1. The van der Waals surface area contributed by atoms with Crippen molar-refractivity contribution in [1.82, 2.24) is 10.2 Å². The lowest BCUT2D eigenvalue weighted by Crippen LogP contribution is -2.48. The highest BCUT2D eigenvalue weighted by atomic mass is 16.5. The molecule has 1 unspecified atom stereocenters. The number of hydrogen-bond donors (Lipinski definition) is 2. The summed E-state index contributed by atoms with van der Waals surface area (Å²) in [7, 11) is 1.69. The molecule has 0 spiro atoms. The zero-order chi connectivity index (χ0) is 14.5. The van der Waals surface area contributed by atoms with Gasteiger partial charge < -0.3 is 20.1 Å². The van der Waals surface area contributed by atoms with Gasteiger partial charge >= 0.3 is 6.03 Å². The number of aliphatic hydroxyl groups excluding tert-OH is 1. The van der Waals surface area contributed by atoms with Gasteiger partial charge in [0.25, 0.3) is 0 Å². The lowest BCUT2D eigenvalue weighted by atomic mass is 9.98. The van der Waals surface area contributed by atoms with Crippen molar-refractivity contribution in [1.29, 1.82) is 0 Å². The number of urea groups is 1. The maximum Gasteiger partial charge on any atom is 0.317 e. The second kappa shape index (κ2) is 7.10. The van der Waals surface area contributed by atoms with Crippen LogP contribution in [0.25, 0.3) is 0 Å². The average Bonchev–Trinajstić information content (AvgIpc) is 2.38. The molecule has 1 heterocycles. The van der Waals surface area contributed by atoms with Crippen LogP contribution < -0.4 is 5.32 Å². The van der Waals surface area contributed by atoms with Gasteiger partial charge in [0.05, 0.1) is 5.60 Å². The summed E-state index contributed by atoms with van der Waals surface area (Å²) in [6.45, 7) is 7.73.